The lowest BCUT2D eigenvalue weighted by molar-refractivity contribution is -0.384. The smallest absolute Gasteiger partial charge is 0.271 e. The number of hydrogen-bond acceptors (Lipinski definition) is 5. The first-order valence-electron chi connectivity index (χ1n) is 8.55. The Balaban J connectivity index is 1.75. The van der Waals surface area contributed by atoms with Gasteiger partial charge >= 0.3 is 0 Å². The maximum atomic E-state index is 10.7. The molecule has 0 unspecified atom stereocenters. The van der Waals surface area contributed by atoms with Crippen molar-refractivity contribution in [1.82, 2.24) is 0 Å². The molecular formula is C20H22ClNO5. The second-order valence-electron chi connectivity index (χ2n) is 5.69. The molecule has 0 N–H and O–H groups in total. The third-order valence-corrected chi connectivity index (χ3v) is 4.02. The lowest BCUT2D eigenvalue weighted by Gasteiger charge is -2.12. The minimum Gasteiger partial charge on any atom is -0.493 e. The van der Waals surface area contributed by atoms with E-state index in [9.17, 15) is 10.1 Å². The molecule has 0 aliphatic carbocycles. The van der Waals surface area contributed by atoms with Crippen molar-refractivity contribution in [1.29, 1.82) is 0 Å². The Bertz CT molecular complexity index is 807. The van der Waals surface area contributed by atoms with Crippen molar-refractivity contribution in [3.8, 4) is 17.2 Å². The lowest BCUT2D eigenvalue weighted by Crippen LogP contribution is -2.04. The average molecular weight is 392 g/mol. The number of hydrogen-bond donors (Lipinski definition) is 0. The first-order valence-corrected chi connectivity index (χ1v) is 8.93. The molecule has 0 bridgehead atoms. The van der Waals surface area contributed by atoms with Crippen LogP contribution in [0, 0.1) is 10.1 Å². The van der Waals surface area contributed by atoms with Crippen LogP contribution in [0.2, 0.25) is 5.02 Å². The largest absolute Gasteiger partial charge is 0.493 e. The minimum atomic E-state index is -0.494. The van der Waals surface area contributed by atoms with Gasteiger partial charge in [0.1, 0.15) is 5.75 Å². The molecule has 6 nitrogen and oxygen atoms in total. The van der Waals surface area contributed by atoms with E-state index in [-0.39, 0.29) is 10.7 Å². The summed E-state index contributed by atoms with van der Waals surface area (Å²) in [5, 5.41) is 10.9. The number of allylic oxidation sites excluding steroid dienone is 1. The van der Waals surface area contributed by atoms with E-state index in [0.29, 0.717) is 30.5 Å². The maximum absolute atomic E-state index is 10.7. The van der Waals surface area contributed by atoms with Crippen LogP contribution in [0.15, 0.2) is 42.5 Å². The number of nitrogens with zero attached hydrogens (tertiary/aromatic N) is 1. The van der Waals surface area contributed by atoms with Gasteiger partial charge in [0, 0.05) is 12.1 Å². The normalized spacial score (nSPS) is 10.8. The molecule has 0 atom stereocenters. The van der Waals surface area contributed by atoms with Crippen LogP contribution in [0.1, 0.15) is 25.3 Å². The van der Waals surface area contributed by atoms with E-state index in [1.807, 2.05) is 37.3 Å². The van der Waals surface area contributed by atoms with Gasteiger partial charge in [-0.2, -0.15) is 0 Å². The van der Waals surface area contributed by atoms with Gasteiger partial charge in [-0.3, -0.25) is 10.1 Å². The molecule has 27 heavy (non-hydrogen) atoms. The van der Waals surface area contributed by atoms with E-state index in [1.165, 1.54) is 18.2 Å². The van der Waals surface area contributed by atoms with Gasteiger partial charge in [-0.15, -0.1) is 0 Å². The molecule has 0 aliphatic rings. The van der Waals surface area contributed by atoms with Crippen LogP contribution in [0.5, 0.6) is 17.2 Å². The van der Waals surface area contributed by atoms with Crippen molar-refractivity contribution in [3.63, 3.8) is 0 Å². The molecule has 2 aromatic carbocycles. The zero-order chi connectivity index (χ0) is 19.6. The van der Waals surface area contributed by atoms with Crippen LogP contribution in [-0.4, -0.2) is 25.2 Å². The summed E-state index contributed by atoms with van der Waals surface area (Å²) in [7, 11) is 1.61. The van der Waals surface area contributed by atoms with E-state index in [4.69, 9.17) is 25.8 Å². The fraction of sp³-hybridized carbons (Fsp3) is 0.300. The van der Waals surface area contributed by atoms with E-state index in [1.54, 1.807) is 7.11 Å². The molecule has 0 amide bonds. The zero-order valence-corrected chi connectivity index (χ0v) is 16.1. The van der Waals surface area contributed by atoms with Gasteiger partial charge in [0.2, 0.25) is 0 Å². The number of nitro groups is 1. The quantitative estimate of drug-likeness (QED) is 0.302. The summed E-state index contributed by atoms with van der Waals surface area (Å²) >= 11 is 5.99. The first kappa shape index (κ1) is 20.6. The fourth-order valence-electron chi connectivity index (χ4n) is 2.39. The Morgan fingerprint density at radius 2 is 1.70 bits per heavy atom. The Hall–Kier alpha value is -2.73. The van der Waals surface area contributed by atoms with E-state index < -0.39 is 4.92 Å². The lowest BCUT2D eigenvalue weighted by atomic mass is 10.2. The molecule has 0 aromatic heterocycles. The van der Waals surface area contributed by atoms with Gasteiger partial charge in [-0.05, 0) is 43.5 Å². The topological polar surface area (TPSA) is 70.8 Å². The number of unbranched alkanes of at least 4 members (excludes halogenated alkanes) is 1. The highest BCUT2D eigenvalue weighted by Gasteiger charge is 2.10. The summed E-state index contributed by atoms with van der Waals surface area (Å²) < 4.78 is 16.7. The van der Waals surface area contributed by atoms with Crippen molar-refractivity contribution in [2.75, 3.05) is 20.3 Å². The SMILES string of the molecule is C/C=C/c1ccc(OCCCCOc2ccc([N+](=O)[O-])cc2Cl)c(OC)c1. The number of nitro benzene ring substituents is 1. The minimum absolute atomic E-state index is 0.0601. The van der Waals surface area contributed by atoms with E-state index in [2.05, 4.69) is 0 Å². The van der Waals surface area contributed by atoms with Crippen LogP contribution >= 0.6 is 11.6 Å². The highest BCUT2D eigenvalue weighted by Crippen LogP contribution is 2.30. The molecule has 0 aliphatic heterocycles. The zero-order valence-electron chi connectivity index (χ0n) is 15.3. The van der Waals surface area contributed by atoms with Crippen LogP contribution in [0.25, 0.3) is 6.08 Å². The maximum Gasteiger partial charge on any atom is 0.271 e. The monoisotopic (exact) mass is 391 g/mol. The van der Waals surface area contributed by atoms with Gasteiger partial charge in [0.15, 0.2) is 11.5 Å². The summed E-state index contributed by atoms with van der Waals surface area (Å²) in [6.45, 7) is 2.93. The summed E-state index contributed by atoms with van der Waals surface area (Å²) in [6, 6.07) is 9.94. The molecule has 0 fully saturated rings. The molecule has 144 valence electrons. The number of methoxy groups -OCH3 is 1. The summed E-state index contributed by atoms with van der Waals surface area (Å²) in [5.74, 6) is 1.83. The van der Waals surface area contributed by atoms with E-state index >= 15 is 0 Å². The number of benzene rings is 2. The second kappa shape index (κ2) is 10.4. The highest BCUT2D eigenvalue weighted by molar-refractivity contribution is 6.32. The van der Waals surface area contributed by atoms with Crippen molar-refractivity contribution in [3.05, 3.63) is 63.2 Å². The predicted octanol–water partition coefficient (Wildman–Crippen LogP) is 5.53. The number of rotatable bonds is 10. The molecule has 0 radical (unpaired) electrons. The third kappa shape index (κ3) is 6.18. The van der Waals surface area contributed by atoms with E-state index in [0.717, 1.165) is 18.4 Å². The number of halogens is 1. The van der Waals surface area contributed by atoms with Crippen molar-refractivity contribution in [2.45, 2.75) is 19.8 Å². The predicted molar refractivity (Wildman–Crippen MR) is 106 cm³/mol. The van der Waals surface area contributed by atoms with Gasteiger partial charge in [-0.25, -0.2) is 0 Å². The highest BCUT2D eigenvalue weighted by atomic mass is 35.5. The second-order valence-corrected chi connectivity index (χ2v) is 6.09. The van der Waals surface area contributed by atoms with Gasteiger partial charge in [0.05, 0.1) is 30.3 Å². The van der Waals surface area contributed by atoms with Crippen LogP contribution in [-0.2, 0) is 0 Å². The summed E-state index contributed by atoms with van der Waals surface area (Å²) in [5.41, 5.74) is 0.991. The Labute approximate surface area is 163 Å². The summed E-state index contributed by atoms with van der Waals surface area (Å²) in [6.07, 6.45) is 5.50. The van der Waals surface area contributed by atoms with Crippen molar-refractivity contribution < 1.29 is 19.1 Å². The van der Waals surface area contributed by atoms with Gasteiger partial charge in [0.25, 0.3) is 5.69 Å². The first-order chi connectivity index (χ1) is 13.0. The molecule has 0 heterocycles. The molecule has 2 aromatic rings. The molecular weight excluding hydrogens is 370 g/mol. The number of ether oxygens (including phenoxy) is 3. The van der Waals surface area contributed by atoms with Crippen LogP contribution in [0.4, 0.5) is 5.69 Å². The van der Waals surface area contributed by atoms with Crippen molar-refractivity contribution in [2.24, 2.45) is 0 Å². The molecule has 0 spiro atoms. The Morgan fingerprint density at radius 3 is 2.30 bits per heavy atom. The molecule has 7 heteroatoms. The fourth-order valence-corrected chi connectivity index (χ4v) is 2.62. The average Bonchev–Trinajstić information content (AvgIpc) is 2.66. The third-order valence-electron chi connectivity index (χ3n) is 3.73. The molecule has 0 saturated heterocycles. The Kier molecular flexibility index (Phi) is 7.95. The van der Waals surface area contributed by atoms with Gasteiger partial charge < -0.3 is 14.2 Å². The van der Waals surface area contributed by atoms with Crippen molar-refractivity contribution >= 4 is 23.4 Å². The molecule has 0 saturated carbocycles. The number of non-ortho nitro benzene ring substituents is 1. The van der Waals surface area contributed by atoms with Crippen LogP contribution in [0.3, 0.4) is 0 Å². The summed E-state index contributed by atoms with van der Waals surface area (Å²) in [4.78, 5) is 10.2. The molecule has 2 rings (SSSR count). The van der Waals surface area contributed by atoms with Crippen LogP contribution < -0.4 is 14.2 Å². The van der Waals surface area contributed by atoms with Gasteiger partial charge in [-0.1, -0.05) is 29.8 Å². The standard InChI is InChI=1S/C20H22ClNO5/c1-3-6-15-7-9-19(20(13-15)25-2)27-12-5-4-11-26-18-10-8-16(22(23)24)14-17(18)21/h3,6-10,13-14H,4-5,11-12H2,1-2H3/b6-3+. The Morgan fingerprint density at radius 1 is 1.04 bits per heavy atom.